The molecule has 0 unspecified atom stereocenters. The summed E-state index contributed by atoms with van der Waals surface area (Å²) in [6.07, 6.45) is 0. The minimum absolute atomic E-state index is 0.0743. The third kappa shape index (κ3) is 2.85. The van der Waals surface area contributed by atoms with Gasteiger partial charge in [0.2, 0.25) is 0 Å². The average molecular weight is 282 g/mol. The number of likely N-dealkylation sites (N-methyl/N-ethyl adjacent to an activating group) is 1. The van der Waals surface area contributed by atoms with Gasteiger partial charge in [-0.1, -0.05) is 0 Å². The first-order valence-corrected chi connectivity index (χ1v) is 6.46. The van der Waals surface area contributed by atoms with Crippen LogP contribution < -0.4 is 9.64 Å². The van der Waals surface area contributed by atoms with Gasteiger partial charge in [-0.3, -0.25) is 0 Å². The summed E-state index contributed by atoms with van der Waals surface area (Å²) in [5, 5.41) is 0. The zero-order chi connectivity index (χ0) is 14.7. The highest BCUT2D eigenvalue weighted by atomic mass is 19.1. The number of hydrogen-bond donors (Lipinski definition) is 0. The maximum Gasteiger partial charge on any atom is 0.341 e. The van der Waals surface area contributed by atoms with Gasteiger partial charge in [-0.05, 0) is 13.1 Å². The van der Waals surface area contributed by atoms with Crippen molar-refractivity contribution in [2.75, 3.05) is 52.3 Å². The lowest BCUT2D eigenvalue weighted by atomic mass is 10.1. The molecule has 0 N–H and O–H groups in total. The largest absolute Gasteiger partial charge is 0.493 e. The van der Waals surface area contributed by atoms with Crippen molar-refractivity contribution in [3.8, 4) is 5.75 Å². The monoisotopic (exact) mass is 282 g/mol. The van der Waals surface area contributed by atoms with E-state index in [-0.39, 0.29) is 11.3 Å². The molecule has 0 spiro atoms. The number of piperazine rings is 1. The van der Waals surface area contributed by atoms with E-state index in [0.29, 0.717) is 5.69 Å². The van der Waals surface area contributed by atoms with Crippen molar-refractivity contribution in [2.24, 2.45) is 0 Å². The van der Waals surface area contributed by atoms with Gasteiger partial charge in [0, 0.05) is 37.9 Å². The lowest BCUT2D eigenvalue weighted by Crippen LogP contribution is -2.44. The van der Waals surface area contributed by atoms with Gasteiger partial charge in [0.15, 0.2) is 11.6 Å². The number of carbonyl (C=O) groups excluding carboxylic acids is 1. The summed E-state index contributed by atoms with van der Waals surface area (Å²) < 4.78 is 23.7. The van der Waals surface area contributed by atoms with E-state index in [0.717, 1.165) is 26.2 Å². The second kappa shape index (κ2) is 6.09. The molecule has 0 aromatic heterocycles. The maximum atomic E-state index is 14.1. The highest BCUT2D eigenvalue weighted by Crippen LogP contribution is 2.29. The summed E-state index contributed by atoms with van der Waals surface area (Å²) in [4.78, 5) is 16.0. The molecule has 1 fully saturated rings. The van der Waals surface area contributed by atoms with Crippen LogP contribution in [0.1, 0.15) is 10.4 Å². The van der Waals surface area contributed by atoms with E-state index in [1.54, 1.807) is 6.07 Å². The van der Waals surface area contributed by atoms with Crippen LogP contribution in [0.25, 0.3) is 0 Å². The first-order chi connectivity index (χ1) is 9.56. The topological polar surface area (TPSA) is 42.0 Å². The SMILES string of the molecule is COC(=O)c1cc(N2CCN(C)CC2)cc(F)c1OC. The Balaban J connectivity index is 2.35. The van der Waals surface area contributed by atoms with Gasteiger partial charge >= 0.3 is 5.97 Å². The molecular weight excluding hydrogens is 263 g/mol. The molecular formula is C14H19FN2O3. The number of ether oxygens (including phenoxy) is 2. The highest BCUT2D eigenvalue weighted by molar-refractivity contribution is 5.93. The molecule has 0 aliphatic carbocycles. The van der Waals surface area contributed by atoms with Crippen molar-refractivity contribution in [3.05, 3.63) is 23.5 Å². The zero-order valence-corrected chi connectivity index (χ0v) is 12.0. The molecule has 1 heterocycles. The Labute approximate surface area is 117 Å². The van der Waals surface area contributed by atoms with E-state index >= 15 is 0 Å². The van der Waals surface area contributed by atoms with Crippen molar-refractivity contribution < 1.29 is 18.7 Å². The second-order valence-corrected chi connectivity index (χ2v) is 4.79. The molecule has 2 rings (SSSR count). The van der Waals surface area contributed by atoms with Crippen LogP contribution in [0.5, 0.6) is 5.75 Å². The Morgan fingerprint density at radius 2 is 1.85 bits per heavy atom. The fraction of sp³-hybridized carbons (Fsp3) is 0.500. The molecule has 1 aliphatic heterocycles. The molecule has 5 nitrogen and oxygen atoms in total. The smallest absolute Gasteiger partial charge is 0.341 e. The van der Waals surface area contributed by atoms with Crippen LogP contribution in [0, 0.1) is 5.82 Å². The lowest BCUT2D eigenvalue weighted by molar-refractivity contribution is 0.0596. The van der Waals surface area contributed by atoms with E-state index in [4.69, 9.17) is 4.74 Å². The summed E-state index contributed by atoms with van der Waals surface area (Å²) >= 11 is 0. The average Bonchev–Trinajstić information content (AvgIpc) is 2.46. The number of halogens is 1. The van der Waals surface area contributed by atoms with Crippen LogP contribution in [0.3, 0.4) is 0 Å². The van der Waals surface area contributed by atoms with Crippen molar-refractivity contribution >= 4 is 11.7 Å². The fourth-order valence-electron chi connectivity index (χ4n) is 2.30. The molecule has 0 radical (unpaired) electrons. The number of carbonyl (C=O) groups is 1. The van der Waals surface area contributed by atoms with Crippen molar-refractivity contribution in [2.45, 2.75) is 0 Å². The third-order valence-electron chi connectivity index (χ3n) is 3.51. The molecule has 6 heteroatoms. The van der Waals surface area contributed by atoms with Crippen molar-refractivity contribution in [1.82, 2.24) is 4.90 Å². The van der Waals surface area contributed by atoms with Crippen LogP contribution in [-0.2, 0) is 4.74 Å². The Hall–Kier alpha value is -1.82. The predicted octanol–water partition coefficient (Wildman–Crippen LogP) is 1.37. The molecule has 110 valence electrons. The molecule has 0 atom stereocenters. The molecule has 1 aromatic carbocycles. The van der Waals surface area contributed by atoms with Crippen molar-refractivity contribution in [1.29, 1.82) is 0 Å². The van der Waals surface area contributed by atoms with Gasteiger partial charge in [0.1, 0.15) is 5.56 Å². The first-order valence-electron chi connectivity index (χ1n) is 6.46. The summed E-state index contributed by atoms with van der Waals surface area (Å²) in [7, 11) is 4.65. The summed E-state index contributed by atoms with van der Waals surface area (Å²) in [5.74, 6) is -1.23. The molecule has 20 heavy (non-hydrogen) atoms. The van der Waals surface area contributed by atoms with Crippen LogP contribution in [0.4, 0.5) is 10.1 Å². The van der Waals surface area contributed by atoms with Crippen LogP contribution in [-0.4, -0.2) is 58.3 Å². The van der Waals surface area contributed by atoms with Crippen LogP contribution in [0.15, 0.2) is 12.1 Å². The zero-order valence-electron chi connectivity index (χ0n) is 12.0. The van der Waals surface area contributed by atoms with Crippen LogP contribution in [0.2, 0.25) is 0 Å². The Morgan fingerprint density at radius 1 is 1.20 bits per heavy atom. The van der Waals surface area contributed by atoms with Crippen LogP contribution >= 0.6 is 0 Å². The second-order valence-electron chi connectivity index (χ2n) is 4.79. The van der Waals surface area contributed by atoms with E-state index in [1.807, 2.05) is 7.05 Å². The molecule has 0 saturated carbocycles. The number of esters is 1. The maximum absolute atomic E-state index is 14.1. The summed E-state index contributed by atoms with van der Waals surface area (Å²) in [5.41, 5.74) is 0.792. The number of methoxy groups -OCH3 is 2. The van der Waals surface area contributed by atoms with E-state index < -0.39 is 11.8 Å². The van der Waals surface area contributed by atoms with Gasteiger partial charge in [0.05, 0.1) is 14.2 Å². The van der Waals surface area contributed by atoms with Gasteiger partial charge in [-0.2, -0.15) is 0 Å². The van der Waals surface area contributed by atoms with Gasteiger partial charge in [0.25, 0.3) is 0 Å². The van der Waals surface area contributed by atoms with Gasteiger partial charge < -0.3 is 19.3 Å². The standard InChI is InChI=1S/C14H19FN2O3/c1-16-4-6-17(7-5-16)10-8-11(14(18)20-3)13(19-2)12(15)9-10/h8-9H,4-7H2,1-3H3. The number of nitrogens with zero attached hydrogens (tertiary/aromatic N) is 2. The molecule has 0 bridgehead atoms. The minimum Gasteiger partial charge on any atom is -0.493 e. The third-order valence-corrected chi connectivity index (χ3v) is 3.51. The van der Waals surface area contributed by atoms with E-state index in [1.165, 1.54) is 20.3 Å². The van der Waals surface area contributed by atoms with E-state index in [9.17, 15) is 9.18 Å². The summed E-state index contributed by atoms with van der Waals surface area (Å²) in [6.45, 7) is 3.40. The first kappa shape index (κ1) is 14.6. The van der Waals surface area contributed by atoms with Gasteiger partial charge in [-0.25, -0.2) is 9.18 Å². The summed E-state index contributed by atoms with van der Waals surface area (Å²) in [6, 6.07) is 3.02. The highest BCUT2D eigenvalue weighted by Gasteiger charge is 2.22. The van der Waals surface area contributed by atoms with Gasteiger partial charge in [-0.15, -0.1) is 0 Å². The fourth-order valence-corrected chi connectivity index (χ4v) is 2.30. The number of anilines is 1. The Bertz CT molecular complexity index is 499. The molecule has 0 amide bonds. The van der Waals surface area contributed by atoms with Crippen molar-refractivity contribution in [3.63, 3.8) is 0 Å². The lowest BCUT2D eigenvalue weighted by Gasteiger charge is -2.34. The molecule has 1 aliphatic rings. The predicted molar refractivity (Wildman–Crippen MR) is 74.0 cm³/mol. The molecule has 1 saturated heterocycles. The number of benzene rings is 1. The Morgan fingerprint density at radius 3 is 2.40 bits per heavy atom. The number of hydrogen-bond acceptors (Lipinski definition) is 5. The quantitative estimate of drug-likeness (QED) is 0.783. The van der Waals surface area contributed by atoms with E-state index in [2.05, 4.69) is 14.5 Å². The number of rotatable bonds is 3. The normalized spacial score (nSPS) is 16.1. The molecule has 1 aromatic rings. The Kier molecular flexibility index (Phi) is 4.44. The minimum atomic E-state index is -0.600.